The molecule has 1 saturated heterocycles. The Morgan fingerprint density at radius 1 is 1.24 bits per heavy atom. The van der Waals surface area contributed by atoms with Crippen LogP contribution in [0.2, 0.25) is 0 Å². The maximum atomic E-state index is 9.37. The van der Waals surface area contributed by atoms with Crippen molar-refractivity contribution in [1.29, 1.82) is 5.26 Å². The molecule has 1 unspecified atom stereocenters. The zero-order chi connectivity index (χ0) is 15.1. The summed E-state index contributed by atoms with van der Waals surface area (Å²) >= 11 is 0. The van der Waals surface area contributed by atoms with Crippen molar-refractivity contribution >= 4 is 11.4 Å². The van der Waals surface area contributed by atoms with Gasteiger partial charge in [0, 0.05) is 25.3 Å². The highest BCUT2D eigenvalue weighted by Crippen LogP contribution is 2.26. The average Bonchev–Trinajstić information content (AvgIpc) is 2.81. The van der Waals surface area contributed by atoms with Crippen LogP contribution in [-0.4, -0.2) is 42.6 Å². The maximum absolute atomic E-state index is 9.37. The number of aliphatic hydroxyl groups excluding tert-OH is 2. The summed E-state index contributed by atoms with van der Waals surface area (Å²) < 4.78 is 0. The SMILES string of the molecule is N#Cc1cc(NCC(O)CO)ccc1N1CCCCCC1. The van der Waals surface area contributed by atoms with Crippen LogP contribution >= 0.6 is 0 Å². The number of hydrogen-bond acceptors (Lipinski definition) is 5. The molecule has 1 atom stereocenters. The Kier molecular flexibility index (Phi) is 5.85. The van der Waals surface area contributed by atoms with E-state index in [0.29, 0.717) is 5.56 Å². The molecule has 114 valence electrons. The zero-order valence-corrected chi connectivity index (χ0v) is 12.3. The molecule has 0 bridgehead atoms. The van der Waals surface area contributed by atoms with E-state index in [-0.39, 0.29) is 13.2 Å². The smallest absolute Gasteiger partial charge is 0.101 e. The van der Waals surface area contributed by atoms with Gasteiger partial charge in [0.15, 0.2) is 0 Å². The van der Waals surface area contributed by atoms with Crippen LogP contribution in [0.1, 0.15) is 31.2 Å². The highest BCUT2D eigenvalue weighted by molar-refractivity contribution is 5.65. The van der Waals surface area contributed by atoms with Crippen molar-refractivity contribution in [2.45, 2.75) is 31.8 Å². The Morgan fingerprint density at radius 3 is 2.57 bits per heavy atom. The lowest BCUT2D eigenvalue weighted by molar-refractivity contribution is 0.105. The Bertz CT molecular complexity index is 491. The van der Waals surface area contributed by atoms with Gasteiger partial charge in [0.1, 0.15) is 6.07 Å². The molecular weight excluding hydrogens is 266 g/mol. The molecule has 0 aliphatic carbocycles. The minimum absolute atomic E-state index is 0.268. The van der Waals surface area contributed by atoms with E-state index in [1.807, 2.05) is 18.2 Å². The van der Waals surface area contributed by atoms with Gasteiger partial charge < -0.3 is 20.4 Å². The van der Waals surface area contributed by atoms with Crippen molar-refractivity contribution in [3.63, 3.8) is 0 Å². The third-order valence-corrected chi connectivity index (χ3v) is 3.82. The summed E-state index contributed by atoms with van der Waals surface area (Å²) in [6.45, 7) is 2.00. The lowest BCUT2D eigenvalue weighted by atomic mass is 10.1. The van der Waals surface area contributed by atoms with E-state index in [2.05, 4.69) is 16.3 Å². The van der Waals surface area contributed by atoms with Gasteiger partial charge in [-0.1, -0.05) is 12.8 Å². The molecule has 0 radical (unpaired) electrons. The first kappa shape index (κ1) is 15.6. The number of benzene rings is 1. The van der Waals surface area contributed by atoms with E-state index in [9.17, 15) is 10.4 Å². The van der Waals surface area contributed by atoms with E-state index < -0.39 is 6.10 Å². The molecule has 1 aliphatic rings. The highest BCUT2D eigenvalue weighted by Gasteiger charge is 2.14. The van der Waals surface area contributed by atoms with E-state index >= 15 is 0 Å². The van der Waals surface area contributed by atoms with Gasteiger partial charge in [-0.15, -0.1) is 0 Å². The summed E-state index contributed by atoms with van der Waals surface area (Å²) in [5.74, 6) is 0. The third-order valence-electron chi connectivity index (χ3n) is 3.82. The van der Waals surface area contributed by atoms with Gasteiger partial charge in [-0.2, -0.15) is 5.26 Å². The molecule has 5 heteroatoms. The third kappa shape index (κ3) is 4.35. The van der Waals surface area contributed by atoms with Gasteiger partial charge in [0.2, 0.25) is 0 Å². The van der Waals surface area contributed by atoms with Crippen molar-refractivity contribution in [2.24, 2.45) is 0 Å². The minimum Gasteiger partial charge on any atom is -0.394 e. The largest absolute Gasteiger partial charge is 0.394 e. The van der Waals surface area contributed by atoms with Crippen molar-refractivity contribution in [1.82, 2.24) is 0 Å². The first-order valence-electron chi connectivity index (χ1n) is 7.56. The van der Waals surface area contributed by atoms with E-state index in [4.69, 9.17) is 5.11 Å². The molecule has 21 heavy (non-hydrogen) atoms. The van der Waals surface area contributed by atoms with Gasteiger partial charge in [0.25, 0.3) is 0 Å². The normalized spacial score (nSPS) is 16.9. The van der Waals surface area contributed by atoms with E-state index in [1.165, 1.54) is 25.7 Å². The molecular formula is C16H23N3O2. The lowest BCUT2D eigenvalue weighted by Gasteiger charge is -2.24. The van der Waals surface area contributed by atoms with Gasteiger partial charge in [0.05, 0.1) is 24.0 Å². The molecule has 1 aromatic carbocycles. The Morgan fingerprint density at radius 2 is 1.95 bits per heavy atom. The number of anilines is 2. The van der Waals surface area contributed by atoms with E-state index in [0.717, 1.165) is 24.5 Å². The van der Waals surface area contributed by atoms with Crippen LogP contribution in [0.25, 0.3) is 0 Å². The summed E-state index contributed by atoms with van der Waals surface area (Å²) in [6.07, 6.45) is 4.08. The molecule has 0 saturated carbocycles. The van der Waals surface area contributed by atoms with Crippen LogP contribution in [0.15, 0.2) is 18.2 Å². The number of nitrogens with zero attached hydrogens (tertiary/aromatic N) is 2. The second kappa shape index (κ2) is 7.87. The molecule has 1 heterocycles. The zero-order valence-electron chi connectivity index (χ0n) is 12.3. The number of hydrogen-bond donors (Lipinski definition) is 3. The predicted molar refractivity (Wildman–Crippen MR) is 83.4 cm³/mol. The fourth-order valence-electron chi connectivity index (χ4n) is 2.62. The van der Waals surface area contributed by atoms with Crippen LogP contribution in [-0.2, 0) is 0 Å². The van der Waals surface area contributed by atoms with Crippen LogP contribution in [0.5, 0.6) is 0 Å². The minimum atomic E-state index is -0.791. The maximum Gasteiger partial charge on any atom is 0.101 e. The molecule has 0 aromatic heterocycles. The summed E-state index contributed by atoms with van der Waals surface area (Å²) in [5, 5.41) is 30.6. The number of rotatable bonds is 5. The molecule has 1 fully saturated rings. The predicted octanol–water partition coefficient (Wildman–Crippen LogP) is 1.70. The Labute approximate surface area is 125 Å². The first-order chi connectivity index (χ1) is 10.2. The molecule has 1 aromatic rings. The fourth-order valence-corrected chi connectivity index (χ4v) is 2.62. The first-order valence-corrected chi connectivity index (χ1v) is 7.56. The molecule has 5 nitrogen and oxygen atoms in total. The van der Waals surface area contributed by atoms with Crippen LogP contribution in [0.3, 0.4) is 0 Å². The molecule has 1 aliphatic heterocycles. The van der Waals surface area contributed by atoms with Crippen molar-refractivity contribution in [2.75, 3.05) is 36.5 Å². The highest BCUT2D eigenvalue weighted by atomic mass is 16.3. The molecule has 0 spiro atoms. The second-order valence-electron chi connectivity index (χ2n) is 5.46. The van der Waals surface area contributed by atoms with Crippen molar-refractivity contribution in [3.8, 4) is 6.07 Å². The Balaban J connectivity index is 2.10. The van der Waals surface area contributed by atoms with Crippen LogP contribution < -0.4 is 10.2 Å². The summed E-state index contributed by atoms with van der Waals surface area (Å²) in [4.78, 5) is 2.29. The standard InChI is InChI=1S/C16H23N3O2/c17-10-13-9-14(18-11-15(21)12-20)5-6-16(13)19-7-3-1-2-4-8-19/h5-6,9,15,18,20-21H,1-4,7-8,11-12H2. The quantitative estimate of drug-likeness (QED) is 0.769. The van der Waals surface area contributed by atoms with Gasteiger partial charge in [-0.3, -0.25) is 0 Å². The summed E-state index contributed by atoms with van der Waals surface area (Å²) in [6, 6.07) is 7.96. The van der Waals surface area contributed by atoms with Crippen molar-refractivity contribution in [3.05, 3.63) is 23.8 Å². The lowest BCUT2D eigenvalue weighted by Crippen LogP contribution is -2.25. The van der Waals surface area contributed by atoms with Gasteiger partial charge >= 0.3 is 0 Å². The summed E-state index contributed by atoms with van der Waals surface area (Å²) in [5.41, 5.74) is 2.44. The molecule has 2 rings (SSSR count). The van der Waals surface area contributed by atoms with Crippen molar-refractivity contribution < 1.29 is 10.2 Å². The van der Waals surface area contributed by atoms with E-state index in [1.54, 1.807) is 0 Å². The second-order valence-corrected chi connectivity index (χ2v) is 5.46. The van der Waals surface area contributed by atoms with Crippen LogP contribution in [0, 0.1) is 11.3 Å². The topological polar surface area (TPSA) is 79.5 Å². The Hall–Kier alpha value is -1.77. The average molecular weight is 289 g/mol. The fraction of sp³-hybridized carbons (Fsp3) is 0.562. The van der Waals surface area contributed by atoms with Crippen LogP contribution in [0.4, 0.5) is 11.4 Å². The van der Waals surface area contributed by atoms with Gasteiger partial charge in [-0.25, -0.2) is 0 Å². The summed E-state index contributed by atoms with van der Waals surface area (Å²) in [7, 11) is 0. The molecule has 0 amide bonds. The number of nitriles is 1. The monoisotopic (exact) mass is 289 g/mol. The van der Waals surface area contributed by atoms with Gasteiger partial charge in [-0.05, 0) is 31.0 Å². The molecule has 3 N–H and O–H groups in total. The number of nitrogens with one attached hydrogen (secondary N) is 1. The number of aliphatic hydroxyl groups is 2.